The van der Waals surface area contributed by atoms with Gasteiger partial charge in [0.15, 0.2) is 11.2 Å². The summed E-state index contributed by atoms with van der Waals surface area (Å²) in [6.45, 7) is 4.48. The van der Waals surface area contributed by atoms with Crippen LogP contribution in [0.1, 0.15) is 25.0 Å². The molecule has 1 aliphatic rings. The Bertz CT molecular complexity index is 1990. The molecular weight excluding hydrogens is 432 g/mol. The Hall–Kier alpha value is -4.44. The van der Waals surface area contributed by atoms with Crippen molar-refractivity contribution in [1.29, 1.82) is 0 Å². The summed E-state index contributed by atoms with van der Waals surface area (Å²) in [5.74, 6) is 0. The minimum atomic E-state index is -0.104. The molecular formula is C31H20N2O2. The van der Waals surface area contributed by atoms with Crippen LogP contribution in [0.3, 0.4) is 0 Å². The van der Waals surface area contributed by atoms with Gasteiger partial charge in [-0.1, -0.05) is 44.2 Å². The van der Waals surface area contributed by atoms with Gasteiger partial charge in [-0.3, -0.25) is 4.98 Å². The smallest absolute Gasteiger partial charge is 0.178 e. The minimum Gasteiger partial charge on any atom is -0.452 e. The fraction of sp³-hybridized carbons (Fsp3) is 0.0968. The van der Waals surface area contributed by atoms with Crippen molar-refractivity contribution in [1.82, 2.24) is 9.97 Å². The van der Waals surface area contributed by atoms with Gasteiger partial charge < -0.3 is 8.83 Å². The number of hydrogen-bond donors (Lipinski definition) is 0. The van der Waals surface area contributed by atoms with E-state index in [1.165, 1.54) is 11.1 Å². The monoisotopic (exact) mass is 452 g/mol. The molecule has 0 bridgehead atoms. The molecule has 4 nitrogen and oxygen atoms in total. The predicted molar refractivity (Wildman–Crippen MR) is 140 cm³/mol. The molecule has 8 rings (SSSR count). The number of furan rings is 2. The summed E-state index contributed by atoms with van der Waals surface area (Å²) in [4.78, 5) is 9.77. The quantitative estimate of drug-likeness (QED) is 0.252. The van der Waals surface area contributed by atoms with E-state index in [9.17, 15) is 0 Å². The Morgan fingerprint density at radius 2 is 1.37 bits per heavy atom. The van der Waals surface area contributed by atoms with E-state index in [1.54, 1.807) is 0 Å². The molecule has 7 aromatic rings. The van der Waals surface area contributed by atoms with Crippen LogP contribution in [0.15, 0.2) is 93.9 Å². The Morgan fingerprint density at radius 3 is 2.23 bits per heavy atom. The number of aromatic nitrogens is 2. The molecule has 0 saturated carbocycles. The van der Waals surface area contributed by atoms with Gasteiger partial charge in [-0.05, 0) is 59.7 Å². The van der Waals surface area contributed by atoms with E-state index in [-0.39, 0.29) is 5.41 Å². The van der Waals surface area contributed by atoms with Gasteiger partial charge in [-0.2, -0.15) is 0 Å². The first kappa shape index (κ1) is 18.9. The van der Waals surface area contributed by atoms with E-state index in [2.05, 4.69) is 67.4 Å². The third-order valence-corrected chi connectivity index (χ3v) is 7.55. The molecule has 4 heteroatoms. The molecule has 3 aromatic carbocycles. The van der Waals surface area contributed by atoms with Gasteiger partial charge in [0.05, 0.1) is 17.1 Å². The summed E-state index contributed by atoms with van der Waals surface area (Å²) < 4.78 is 12.5. The Morgan fingerprint density at radius 1 is 0.629 bits per heavy atom. The molecule has 0 spiro atoms. The summed E-state index contributed by atoms with van der Waals surface area (Å²) in [5, 5.41) is 4.27. The van der Waals surface area contributed by atoms with Crippen LogP contribution in [0.2, 0.25) is 0 Å². The van der Waals surface area contributed by atoms with Crippen molar-refractivity contribution in [2.75, 3.05) is 0 Å². The lowest BCUT2D eigenvalue weighted by atomic mass is 9.83. The molecule has 1 aliphatic carbocycles. The lowest BCUT2D eigenvalue weighted by Gasteiger charge is -2.20. The molecule has 4 heterocycles. The number of rotatable bonds is 1. The summed E-state index contributed by atoms with van der Waals surface area (Å²) in [7, 11) is 0. The SMILES string of the molecule is CC1(C)c2cccnc2-c2nc(-c3ccc4oc5c(ccc6c7ccccc7oc65)c4c3)ccc21. The lowest BCUT2D eigenvalue weighted by Crippen LogP contribution is -2.15. The first-order valence-electron chi connectivity index (χ1n) is 11.8. The number of nitrogens with zero attached hydrogens (tertiary/aromatic N) is 2. The maximum Gasteiger partial charge on any atom is 0.178 e. The van der Waals surface area contributed by atoms with Gasteiger partial charge in [-0.15, -0.1) is 0 Å². The summed E-state index contributed by atoms with van der Waals surface area (Å²) >= 11 is 0. The number of hydrogen-bond acceptors (Lipinski definition) is 4. The van der Waals surface area contributed by atoms with Crippen LogP contribution in [0.5, 0.6) is 0 Å². The molecule has 0 unspecified atom stereocenters. The van der Waals surface area contributed by atoms with Crippen molar-refractivity contribution in [2.45, 2.75) is 19.3 Å². The number of benzene rings is 3. The van der Waals surface area contributed by atoms with Crippen molar-refractivity contribution in [3.05, 3.63) is 96.2 Å². The zero-order chi connectivity index (χ0) is 23.3. The van der Waals surface area contributed by atoms with Gasteiger partial charge in [0.2, 0.25) is 0 Å². The highest BCUT2D eigenvalue weighted by Crippen LogP contribution is 2.47. The average Bonchev–Trinajstić information content (AvgIpc) is 3.52. The van der Waals surface area contributed by atoms with E-state index in [1.807, 2.05) is 36.5 Å². The lowest BCUT2D eigenvalue weighted by molar-refractivity contribution is 0.633. The van der Waals surface area contributed by atoms with Crippen LogP contribution in [-0.4, -0.2) is 9.97 Å². The average molecular weight is 453 g/mol. The largest absolute Gasteiger partial charge is 0.452 e. The Labute approximate surface area is 200 Å². The highest BCUT2D eigenvalue weighted by Gasteiger charge is 2.37. The summed E-state index contributed by atoms with van der Waals surface area (Å²) in [6, 6.07) is 27.1. The van der Waals surface area contributed by atoms with Gasteiger partial charge >= 0.3 is 0 Å². The van der Waals surface area contributed by atoms with Crippen molar-refractivity contribution in [3.8, 4) is 22.6 Å². The van der Waals surface area contributed by atoms with Gasteiger partial charge in [-0.25, -0.2) is 4.98 Å². The number of pyridine rings is 2. The number of fused-ring (bicyclic) bond motifs is 10. The van der Waals surface area contributed by atoms with Gasteiger partial charge in [0.1, 0.15) is 11.2 Å². The molecule has 0 N–H and O–H groups in total. The van der Waals surface area contributed by atoms with Crippen LogP contribution in [0, 0.1) is 0 Å². The van der Waals surface area contributed by atoms with Crippen LogP contribution in [0.4, 0.5) is 0 Å². The van der Waals surface area contributed by atoms with Crippen LogP contribution >= 0.6 is 0 Å². The molecule has 4 aromatic heterocycles. The first-order valence-corrected chi connectivity index (χ1v) is 11.8. The second-order valence-electron chi connectivity index (χ2n) is 9.85. The Kier molecular flexibility index (Phi) is 3.44. The molecule has 0 radical (unpaired) electrons. The van der Waals surface area contributed by atoms with E-state index in [0.717, 1.165) is 66.5 Å². The van der Waals surface area contributed by atoms with Crippen LogP contribution < -0.4 is 0 Å². The third-order valence-electron chi connectivity index (χ3n) is 7.55. The number of para-hydroxylation sites is 1. The third kappa shape index (κ3) is 2.41. The van der Waals surface area contributed by atoms with Crippen molar-refractivity contribution < 1.29 is 8.83 Å². The predicted octanol–water partition coefficient (Wildman–Crippen LogP) is 8.25. The molecule has 0 fully saturated rings. The van der Waals surface area contributed by atoms with E-state index in [0.29, 0.717) is 0 Å². The normalized spacial score (nSPS) is 14.2. The van der Waals surface area contributed by atoms with Crippen molar-refractivity contribution in [2.24, 2.45) is 0 Å². The first-order chi connectivity index (χ1) is 17.1. The second kappa shape index (κ2) is 6.36. The zero-order valence-electron chi connectivity index (χ0n) is 19.3. The Balaban J connectivity index is 1.34. The highest BCUT2D eigenvalue weighted by molar-refractivity contribution is 6.19. The zero-order valence-corrected chi connectivity index (χ0v) is 19.3. The fourth-order valence-electron chi connectivity index (χ4n) is 5.72. The maximum atomic E-state index is 6.31. The molecule has 0 amide bonds. The minimum absolute atomic E-state index is 0.104. The van der Waals surface area contributed by atoms with E-state index >= 15 is 0 Å². The van der Waals surface area contributed by atoms with E-state index in [4.69, 9.17) is 13.8 Å². The molecule has 0 atom stereocenters. The van der Waals surface area contributed by atoms with Crippen LogP contribution in [0.25, 0.3) is 66.5 Å². The topological polar surface area (TPSA) is 52.1 Å². The van der Waals surface area contributed by atoms with Crippen molar-refractivity contribution in [3.63, 3.8) is 0 Å². The second-order valence-corrected chi connectivity index (χ2v) is 9.85. The summed E-state index contributed by atoms with van der Waals surface area (Å²) in [5.41, 5.74) is 9.57. The standard InChI is InChI=1S/C31H20N2O2/c1-31(2)22-7-5-15-32-27(22)28-23(31)12-13-24(33-28)17-9-14-26-21(16-17)20-11-10-19-18-6-3-4-8-25(18)34-29(19)30(20)35-26/h3-16H,1-2H3. The summed E-state index contributed by atoms with van der Waals surface area (Å²) in [6.07, 6.45) is 1.85. The highest BCUT2D eigenvalue weighted by atomic mass is 16.4. The molecule has 0 aliphatic heterocycles. The van der Waals surface area contributed by atoms with Crippen molar-refractivity contribution >= 4 is 43.9 Å². The fourth-order valence-corrected chi connectivity index (χ4v) is 5.72. The van der Waals surface area contributed by atoms with Gasteiger partial charge in [0, 0.05) is 38.7 Å². The molecule has 166 valence electrons. The van der Waals surface area contributed by atoms with Gasteiger partial charge in [0.25, 0.3) is 0 Å². The molecule has 35 heavy (non-hydrogen) atoms. The molecule has 0 saturated heterocycles. The van der Waals surface area contributed by atoms with E-state index < -0.39 is 0 Å². The van der Waals surface area contributed by atoms with Crippen LogP contribution in [-0.2, 0) is 5.41 Å². The maximum absolute atomic E-state index is 6.31.